The van der Waals surface area contributed by atoms with Gasteiger partial charge in [0.15, 0.2) is 5.65 Å². The fourth-order valence-corrected chi connectivity index (χ4v) is 2.87. The smallest absolute Gasteiger partial charge is 0.252 e. The summed E-state index contributed by atoms with van der Waals surface area (Å²) in [4.78, 5) is 15.1. The normalized spacial score (nSPS) is 11.5. The summed E-state index contributed by atoms with van der Waals surface area (Å²) in [5.41, 5.74) is 8.06. The number of fused-ring (bicyclic) bond motifs is 5. The molecule has 1 aromatic carbocycles. The zero-order valence-electron chi connectivity index (χ0n) is 12.0. The van der Waals surface area contributed by atoms with E-state index in [1.54, 1.807) is 17.7 Å². The molecule has 0 atom stereocenters. The average Bonchev–Trinajstić information content (AvgIpc) is 3.06. The van der Waals surface area contributed by atoms with Crippen LogP contribution in [0.3, 0.4) is 0 Å². The molecule has 7 nitrogen and oxygen atoms in total. The topological polar surface area (TPSA) is 98.3 Å². The monoisotopic (exact) mass is 295 g/mol. The number of pyridine rings is 1. The number of hydrogen-bond acceptors (Lipinski definition) is 4. The molecule has 0 unspecified atom stereocenters. The number of para-hydroxylation sites is 1. The second kappa shape index (κ2) is 4.20. The summed E-state index contributed by atoms with van der Waals surface area (Å²) < 4.78 is 7.16. The SMILES string of the molecule is COc1cccc2c1[nH]c1c(C(N)=O)cn3c(C)nnc3c12. The first kappa shape index (κ1) is 12.6. The third kappa shape index (κ3) is 1.47. The number of nitrogens with one attached hydrogen (secondary N) is 1. The molecular weight excluding hydrogens is 282 g/mol. The minimum Gasteiger partial charge on any atom is -0.495 e. The van der Waals surface area contributed by atoms with E-state index in [1.807, 2.05) is 25.1 Å². The molecule has 7 heteroatoms. The molecule has 22 heavy (non-hydrogen) atoms. The maximum atomic E-state index is 11.8. The Morgan fingerprint density at radius 3 is 2.86 bits per heavy atom. The van der Waals surface area contributed by atoms with Crippen molar-refractivity contribution < 1.29 is 9.53 Å². The van der Waals surface area contributed by atoms with E-state index in [1.165, 1.54) is 0 Å². The number of rotatable bonds is 2. The van der Waals surface area contributed by atoms with E-state index in [9.17, 15) is 4.79 Å². The molecule has 0 fully saturated rings. The Hall–Kier alpha value is -3.09. The van der Waals surface area contributed by atoms with E-state index in [0.29, 0.717) is 28.3 Å². The Kier molecular flexibility index (Phi) is 2.41. The lowest BCUT2D eigenvalue weighted by atomic mass is 10.1. The molecule has 110 valence electrons. The molecule has 0 aliphatic carbocycles. The second-order valence-electron chi connectivity index (χ2n) is 5.11. The number of H-pyrrole nitrogens is 1. The van der Waals surface area contributed by atoms with Gasteiger partial charge >= 0.3 is 0 Å². The van der Waals surface area contributed by atoms with Crippen molar-refractivity contribution in [2.75, 3.05) is 7.11 Å². The molecule has 0 spiro atoms. The molecule has 0 bridgehead atoms. The van der Waals surface area contributed by atoms with Crippen molar-refractivity contribution >= 4 is 33.4 Å². The van der Waals surface area contributed by atoms with E-state index >= 15 is 0 Å². The summed E-state index contributed by atoms with van der Waals surface area (Å²) in [7, 11) is 1.60. The van der Waals surface area contributed by atoms with Crippen LogP contribution in [0.15, 0.2) is 24.4 Å². The molecular formula is C15H13N5O2. The van der Waals surface area contributed by atoms with Crippen LogP contribution in [-0.4, -0.2) is 32.6 Å². The molecule has 3 N–H and O–H groups in total. The van der Waals surface area contributed by atoms with Gasteiger partial charge in [-0.3, -0.25) is 9.20 Å². The summed E-state index contributed by atoms with van der Waals surface area (Å²) in [5, 5.41) is 10.0. The quantitative estimate of drug-likeness (QED) is 0.589. The van der Waals surface area contributed by atoms with Crippen LogP contribution < -0.4 is 10.5 Å². The van der Waals surface area contributed by atoms with Gasteiger partial charge in [0.1, 0.15) is 11.6 Å². The highest BCUT2D eigenvalue weighted by atomic mass is 16.5. The zero-order chi connectivity index (χ0) is 15.4. The van der Waals surface area contributed by atoms with Gasteiger partial charge < -0.3 is 15.5 Å². The number of primary amides is 1. The highest BCUT2D eigenvalue weighted by molar-refractivity contribution is 6.20. The number of nitrogens with zero attached hydrogens (tertiary/aromatic N) is 3. The molecule has 0 aliphatic rings. The van der Waals surface area contributed by atoms with Gasteiger partial charge in [-0.25, -0.2) is 0 Å². The Morgan fingerprint density at radius 1 is 1.32 bits per heavy atom. The molecule has 4 aromatic rings. The largest absolute Gasteiger partial charge is 0.495 e. The number of aromatic nitrogens is 4. The van der Waals surface area contributed by atoms with Crippen molar-refractivity contribution in [3.05, 3.63) is 35.8 Å². The second-order valence-corrected chi connectivity index (χ2v) is 5.11. The van der Waals surface area contributed by atoms with E-state index in [4.69, 9.17) is 10.5 Å². The number of benzene rings is 1. The van der Waals surface area contributed by atoms with Gasteiger partial charge in [-0.2, -0.15) is 0 Å². The molecule has 0 saturated heterocycles. The maximum Gasteiger partial charge on any atom is 0.252 e. The van der Waals surface area contributed by atoms with Crippen LogP contribution >= 0.6 is 0 Å². The van der Waals surface area contributed by atoms with E-state index in [-0.39, 0.29) is 0 Å². The van der Waals surface area contributed by atoms with Crippen LogP contribution in [0.5, 0.6) is 5.75 Å². The van der Waals surface area contributed by atoms with Crippen molar-refractivity contribution in [3.8, 4) is 5.75 Å². The Balaban J connectivity index is 2.33. The maximum absolute atomic E-state index is 11.8. The average molecular weight is 295 g/mol. The fraction of sp³-hybridized carbons (Fsp3) is 0.133. The van der Waals surface area contributed by atoms with Gasteiger partial charge in [0.2, 0.25) is 0 Å². The van der Waals surface area contributed by atoms with Gasteiger partial charge in [-0.05, 0) is 13.0 Å². The fourth-order valence-electron chi connectivity index (χ4n) is 2.87. The zero-order valence-corrected chi connectivity index (χ0v) is 12.0. The molecule has 3 heterocycles. The van der Waals surface area contributed by atoms with Gasteiger partial charge in [-0.1, -0.05) is 12.1 Å². The van der Waals surface area contributed by atoms with Crippen molar-refractivity contribution in [1.29, 1.82) is 0 Å². The first-order valence-electron chi connectivity index (χ1n) is 6.74. The standard InChI is InChI=1S/C15H13N5O2/c1-7-18-19-15-11-8-4-3-5-10(22-2)12(8)17-13(11)9(14(16)21)6-20(7)15/h3-6,17H,1-2H3,(H2,16,21). The Bertz CT molecular complexity index is 1060. The summed E-state index contributed by atoms with van der Waals surface area (Å²) in [5.74, 6) is 0.876. The number of nitrogens with two attached hydrogens (primary N) is 1. The summed E-state index contributed by atoms with van der Waals surface area (Å²) in [6.07, 6.45) is 1.66. The number of aromatic amines is 1. The lowest BCUT2D eigenvalue weighted by molar-refractivity contribution is 0.100. The predicted molar refractivity (Wildman–Crippen MR) is 82.2 cm³/mol. The molecule has 0 radical (unpaired) electrons. The number of aryl methyl sites for hydroxylation is 1. The highest BCUT2D eigenvalue weighted by Gasteiger charge is 2.19. The number of carbonyl (C=O) groups is 1. The Labute approximate surface area is 124 Å². The summed E-state index contributed by atoms with van der Waals surface area (Å²) in [6.45, 7) is 1.83. The predicted octanol–water partition coefficient (Wildman–Crippen LogP) is 1.78. The van der Waals surface area contributed by atoms with Crippen LogP contribution in [-0.2, 0) is 0 Å². The van der Waals surface area contributed by atoms with E-state index in [0.717, 1.165) is 16.3 Å². The summed E-state index contributed by atoms with van der Waals surface area (Å²) >= 11 is 0. The van der Waals surface area contributed by atoms with Crippen LogP contribution in [0.25, 0.3) is 27.5 Å². The number of ether oxygens (including phenoxy) is 1. The number of methoxy groups -OCH3 is 1. The molecule has 3 aromatic heterocycles. The van der Waals surface area contributed by atoms with E-state index < -0.39 is 5.91 Å². The molecule has 0 saturated carbocycles. The molecule has 4 rings (SSSR count). The first-order chi connectivity index (χ1) is 10.6. The minimum absolute atomic E-state index is 0.392. The van der Waals surface area contributed by atoms with Crippen molar-refractivity contribution in [2.45, 2.75) is 6.92 Å². The van der Waals surface area contributed by atoms with Gasteiger partial charge in [0.05, 0.1) is 29.1 Å². The van der Waals surface area contributed by atoms with Gasteiger partial charge in [0, 0.05) is 11.6 Å². The molecule has 1 amide bonds. The minimum atomic E-state index is -0.509. The van der Waals surface area contributed by atoms with Crippen LogP contribution in [0.1, 0.15) is 16.2 Å². The lowest BCUT2D eigenvalue weighted by Crippen LogP contribution is -2.13. The van der Waals surface area contributed by atoms with Crippen molar-refractivity contribution in [2.24, 2.45) is 5.73 Å². The third-order valence-electron chi connectivity index (χ3n) is 3.90. The first-order valence-corrected chi connectivity index (χ1v) is 6.74. The van der Waals surface area contributed by atoms with Gasteiger partial charge in [0.25, 0.3) is 5.91 Å². The van der Waals surface area contributed by atoms with Gasteiger partial charge in [-0.15, -0.1) is 10.2 Å². The Morgan fingerprint density at radius 2 is 2.14 bits per heavy atom. The highest BCUT2D eigenvalue weighted by Crippen LogP contribution is 2.35. The number of hydrogen-bond donors (Lipinski definition) is 2. The number of carbonyl (C=O) groups excluding carboxylic acids is 1. The number of amides is 1. The van der Waals surface area contributed by atoms with Crippen LogP contribution in [0.2, 0.25) is 0 Å². The van der Waals surface area contributed by atoms with E-state index in [2.05, 4.69) is 15.2 Å². The lowest BCUT2D eigenvalue weighted by Gasteiger charge is -2.02. The van der Waals surface area contributed by atoms with Crippen LogP contribution in [0.4, 0.5) is 0 Å². The third-order valence-corrected chi connectivity index (χ3v) is 3.90. The molecule has 0 aliphatic heterocycles. The van der Waals surface area contributed by atoms with Crippen LogP contribution in [0, 0.1) is 6.92 Å². The summed E-state index contributed by atoms with van der Waals surface area (Å²) in [6, 6.07) is 5.70. The van der Waals surface area contributed by atoms with Crippen molar-refractivity contribution in [3.63, 3.8) is 0 Å². The van der Waals surface area contributed by atoms with Crippen molar-refractivity contribution in [1.82, 2.24) is 19.6 Å².